The van der Waals surface area contributed by atoms with Gasteiger partial charge in [-0.3, -0.25) is 9.59 Å². The van der Waals surface area contributed by atoms with Crippen molar-refractivity contribution in [2.24, 2.45) is 0 Å². The number of carbonyl (C=O) groups excluding carboxylic acids is 2. The summed E-state index contributed by atoms with van der Waals surface area (Å²) in [5.74, 6) is 0.279. The van der Waals surface area contributed by atoms with Gasteiger partial charge in [-0.05, 0) is 50.1 Å². The number of nitrogens with zero attached hydrogens (tertiary/aromatic N) is 3. The maximum absolute atomic E-state index is 13.1. The second-order valence-corrected chi connectivity index (χ2v) is 6.77. The Hall–Kier alpha value is -2.76. The first-order chi connectivity index (χ1) is 12.4. The van der Waals surface area contributed by atoms with Crippen LogP contribution >= 0.6 is 0 Å². The van der Waals surface area contributed by atoms with Gasteiger partial charge in [0.25, 0.3) is 5.91 Å². The van der Waals surface area contributed by atoms with Gasteiger partial charge in [0, 0.05) is 36.8 Å². The summed E-state index contributed by atoms with van der Waals surface area (Å²) in [5, 5.41) is 0. The summed E-state index contributed by atoms with van der Waals surface area (Å²) in [6.07, 6.45) is 1.99. The van der Waals surface area contributed by atoms with Crippen molar-refractivity contribution in [3.8, 4) is 0 Å². The molecule has 1 atom stereocenters. The highest BCUT2D eigenvalue weighted by molar-refractivity contribution is 5.98. The lowest BCUT2D eigenvalue weighted by molar-refractivity contribution is 0.0673. The van der Waals surface area contributed by atoms with Gasteiger partial charge in [0.2, 0.25) is 0 Å². The minimum atomic E-state index is -0.364. The highest BCUT2D eigenvalue weighted by atomic mass is 19.1. The zero-order valence-corrected chi connectivity index (χ0v) is 15.2. The molecule has 0 radical (unpaired) electrons. The summed E-state index contributed by atoms with van der Waals surface area (Å²) in [4.78, 5) is 32.2. The Morgan fingerprint density at radius 3 is 2.62 bits per heavy atom. The fourth-order valence-electron chi connectivity index (χ4n) is 3.40. The third kappa shape index (κ3) is 3.45. The van der Waals surface area contributed by atoms with Crippen LogP contribution in [-0.4, -0.2) is 47.8 Å². The number of hydrogen-bond acceptors (Lipinski definition) is 4. The topological polar surface area (TPSA) is 53.5 Å². The minimum absolute atomic E-state index is 0.0245. The van der Waals surface area contributed by atoms with Crippen molar-refractivity contribution in [2.75, 3.05) is 24.5 Å². The normalized spacial score (nSPS) is 17.3. The summed E-state index contributed by atoms with van der Waals surface area (Å²) >= 11 is 0. The van der Waals surface area contributed by atoms with Crippen molar-refractivity contribution < 1.29 is 14.0 Å². The van der Waals surface area contributed by atoms with Crippen molar-refractivity contribution in [1.29, 1.82) is 0 Å². The number of anilines is 1. The molecule has 136 valence electrons. The molecule has 1 aromatic heterocycles. The fraction of sp³-hybridized carbons (Fsp3) is 0.350. The van der Waals surface area contributed by atoms with E-state index in [-0.39, 0.29) is 17.8 Å². The van der Waals surface area contributed by atoms with Crippen LogP contribution in [0.5, 0.6) is 0 Å². The summed E-state index contributed by atoms with van der Waals surface area (Å²) in [5.41, 5.74) is 2.85. The number of aryl methyl sites for hydroxylation is 2. The molecule has 1 aliphatic heterocycles. The first-order valence-electron chi connectivity index (χ1n) is 8.64. The van der Waals surface area contributed by atoms with Crippen LogP contribution < -0.4 is 4.90 Å². The molecule has 0 spiro atoms. The van der Waals surface area contributed by atoms with Crippen LogP contribution in [0.2, 0.25) is 0 Å². The van der Waals surface area contributed by atoms with E-state index in [4.69, 9.17) is 0 Å². The molecule has 2 aromatic rings. The number of rotatable bonds is 3. The van der Waals surface area contributed by atoms with E-state index in [9.17, 15) is 14.0 Å². The van der Waals surface area contributed by atoms with Crippen LogP contribution in [-0.2, 0) is 0 Å². The largest absolute Gasteiger partial charge is 0.353 e. The van der Waals surface area contributed by atoms with Gasteiger partial charge in [0.1, 0.15) is 17.9 Å². The van der Waals surface area contributed by atoms with E-state index in [1.54, 1.807) is 12.1 Å². The summed E-state index contributed by atoms with van der Waals surface area (Å²) < 4.78 is 13.1. The quantitative estimate of drug-likeness (QED) is 0.795. The third-order valence-electron chi connectivity index (χ3n) is 4.89. The molecule has 0 unspecified atom stereocenters. The maximum Gasteiger partial charge on any atom is 0.254 e. The van der Waals surface area contributed by atoms with E-state index in [1.165, 1.54) is 12.3 Å². The predicted molar refractivity (Wildman–Crippen MR) is 98.2 cm³/mol. The lowest BCUT2D eigenvalue weighted by Gasteiger charge is -2.40. The Labute approximate surface area is 152 Å². The van der Waals surface area contributed by atoms with Crippen LogP contribution in [0.15, 0.2) is 30.5 Å². The van der Waals surface area contributed by atoms with Gasteiger partial charge in [-0.2, -0.15) is 0 Å². The van der Waals surface area contributed by atoms with E-state index < -0.39 is 0 Å². The van der Waals surface area contributed by atoms with E-state index in [0.29, 0.717) is 36.6 Å². The zero-order chi connectivity index (χ0) is 18.8. The molecule has 0 N–H and O–H groups in total. The summed E-state index contributed by atoms with van der Waals surface area (Å²) in [6.45, 7) is 7.52. The van der Waals surface area contributed by atoms with Gasteiger partial charge < -0.3 is 9.80 Å². The Morgan fingerprint density at radius 1 is 1.23 bits per heavy atom. The molecular weight excluding hydrogens is 333 g/mol. The number of aromatic nitrogens is 1. The lowest BCUT2D eigenvalue weighted by Crippen LogP contribution is -2.54. The molecule has 2 heterocycles. The van der Waals surface area contributed by atoms with Crippen molar-refractivity contribution in [1.82, 2.24) is 9.88 Å². The standard InChI is InChI=1S/C20H22FN3O2/c1-13-8-14(2)18(9-16(13)12-25)20(26)24-7-6-23(11-15(24)3)19-5-4-17(21)10-22-19/h4-5,8-10,12,15H,6-7,11H2,1-3H3/t15-/m0/s1. The second-order valence-electron chi connectivity index (χ2n) is 6.77. The Kier molecular flexibility index (Phi) is 5.02. The molecule has 0 aliphatic carbocycles. The first-order valence-corrected chi connectivity index (χ1v) is 8.64. The predicted octanol–water partition coefficient (Wildman–Crippen LogP) is 3.00. The van der Waals surface area contributed by atoms with Crippen LogP contribution in [0, 0.1) is 19.7 Å². The number of hydrogen-bond donors (Lipinski definition) is 0. The van der Waals surface area contributed by atoms with Gasteiger partial charge in [0.15, 0.2) is 0 Å². The number of amides is 1. The lowest BCUT2D eigenvalue weighted by atomic mass is 9.99. The van der Waals surface area contributed by atoms with Gasteiger partial charge in [-0.25, -0.2) is 9.37 Å². The van der Waals surface area contributed by atoms with Gasteiger partial charge >= 0.3 is 0 Å². The average molecular weight is 355 g/mol. The fourth-order valence-corrected chi connectivity index (χ4v) is 3.40. The molecule has 1 aromatic carbocycles. The SMILES string of the molecule is Cc1cc(C)c(C(=O)N2CCN(c3ccc(F)cn3)C[C@@H]2C)cc1C=O. The van der Waals surface area contributed by atoms with Crippen LogP contribution in [0.3, 0.4) is 0 Å². The number of benzene rings is 1. The Bertz CT molecular complexity index is 836. The molecule has 1 amide bonds. The van der Waals surface area contributed by atoms with E-state index in [0.717, 1.165) is 17.4 Å². The highest BCUT2D eigenvalue weighted by Gasteiger charge is 2.29. The zero-order valence-electron chi connectivity index (χ0n) is 15.2. The molecule has 6 heteroatoms. The van der Waals surface area contributed by atoms with Crippen molar-refractivity contribution in [3.05, 3.63) is 58.5 Å². The van der Waals surface area contributed by atoms with E-state index in [1.807, 2.05) is 36.6 Å². The molecule has 5 nitrogen and oxygen atoms in total. The molecule has 1 saturated heterocycles. The monoisotopic (exact) mass is 355 g/mol. The van der Waals surface area contributed by atoms with Gasteiger partial charge in [-0.15, -0.1) is 0 Å². The molecule has 1 aliphatic rings. The maximum atomic E-state index is 13.1. The number of carbonyl (C=O) groups is 2. The Morgan fingerprint density at radius 2 is 2.00 bits per heavy atom. The summed E-state index contributed by atoms with van der Waals surface area (Å²) in [7, 11) is 0. The van der Waals surface area contributed by atoms with E-state index >= 15 is 0 Å². The number of aldehydes is 1. The smallest absolute Gasteiger partial charge is 0.254 e. The third-order valence-corrected chi connectivity index (χ3v) is 4.89. The molecule has 1 fully saturated rings. The number of pyridine rings is 1. The van der Waals surface area contributed by atoms with Crippen LogP contribution in [0.25, 0.3) is 0 Å². The van der Waals surface area contributed by atoms with Crippen LogP contribution in [0.1, 0.15) is 38.8 Å². The summed E-state index contributed by atoms with van der Waals surface area (Å²) in [6, 6.07) is 6.57. The van der Waals surface area contributed by atoms with Gasteiger partial charge in [-0.1, -0.05) is 6.07 Å². The van der Waals surface area contributed by atoms with Crippen molar-refractivity contribution >= 4 is 18.0 Å². The van der Waals surface area contributed by atoms with Crippen LogP contribution in [0.4, 0.5) is 10.2 Å². The van der Waals surface area contributed by atoms with E-state index in [2.05, 4.69) is 4.98 Å². The minimum Gasteiger partial charge on any atom is -0.353 e. The van der Waals surface area contributed by atoms with Crippen molar-refractivity contribution in [3.63, 3.8) is 0 Å². The van der Waals surface area contributed by atoms with Gasteiger partial charge in [0.05, 0.1) is 6.20 Å². The average Bonchev–Trinajstić information content (AvgIpc) is 2.62. The molecule has 0 saturated carbocycles. The Balaban J connectivity index is 1.78. The molecule has 0 bridgehead atoms. The second kappa shape index (κ2) is 7.23. The number of halogens is 1. The molecular formula is C20H22FN3O2. The number of piperazine rings is 1. The first kappa shape index (κ1) is 18.0. The highest BCUT2D eigenvalue weighted by Crippen LogP contribution is 2.22. The molecule has 26 heavy (non-hydrogen) atoms. The molecule has 3 rings (SSSR count). The van der Waals surface area contributed by atoms with Crippen molar-refractivity contribution in [2.45, 2.75) is 26.8 Å².